The fourth-order valence-electron chi connectivity index (χ4n) is 2.84. The van der Waals surface area contributed by atoms with Crippen LogP contribution in [0, 0.1) is 5.92 Å². The summed E-state index contributed by atoms with van der Waals surface area (Å²) >= 11 is 0. The monoisotopic (exact) mass is 258 g/mol. The second-order valence-electron chi connectivity index (χ2n) is 5.96. The topological polar surface area (TPSA) is 41.1 Å². The number of hydrogen-bond acceptors (Lipinski definition) is 2. The minimum Gasteiger partial charge on any atom is -0.385 e. The molecular weight excluding hydrogens is 236 g/mol. The number of fused-ring (bicyclic) bond motifs is 1. The molecule has 1 heterocycles. The predicted octanol–water partition coefficient (Wildman–Crippen LogP) is 2.96. The predicted molar refractivity (Wildman–Crippen MR) is 77.5 cm³/mol. The molecule has 1 aliphatic carbocycles. The van der Waals surface area contributed by atoms with Crippen molar-refractivity contribution in [1.82, 2.24) is 5.32 Å². The lowest BCUT2D eigenvalue weighted by molar-refractivity contribution is 0.0937. The third-order valence-electron chi connectivity index (χ3n) is 4.07. The van der Waals surface area contributed by atoms with Crippen LogP contribution in [0.4, 0.5) is 5.69 Å². The van der Waals surface area contributed by atoms with E-state index in [2.05, 4.69) is 17.6 Å². The van der Waals surface area contributed by atoms with Gasteiger partial charge in [-0.05, 0) is 55.9 Å². The molecule has 1 amide bonds. The lowest BCUT2D eigenvalue weighted by atomic mass is 10.0. The molecule has 1 aromatic carbocycles. The Balaban J connectivity index is 1.65. The Morgan fingerprint density at radius 3 is 3.11 bits per heavy atom. The number of rotatable bonds is 4. The van der Waals surface area contributed by atoms with Crippen molar-refractivity contribution in [3.63, 3.8) is 0 Å². The largest absolute Gasteiger partial charge is 0.385 e. The molecule has 2 N–H and O–H groups in total. The van der Waals surface area contributed by atoms with Gasteiger partial charge in [-0.1, -0.05) is 12.8 Å². The molecule has 1 fully saturated rings. The fraction of sp³-hybridized carbons (Fsp3) is 0.562. The number of anilines is 1. The maximum Gasteiger partial charge on any atom is 0.251 e. The van der Waals surface area contributed by atoms with E-state index in [0.717, 1.165) is 37.3 Å². The smallest absolute Gasteiger partial charge is 0.251 e. The number of benzene rings is 1. The molecule has 3 rings (SSSR count). The average Bonchev–Trinajstić information content (AvgIpc) is 3.21. The third kappa shape index (κ3) is 3.09. The number of hydrogen-bond donors (Lipinski definition) is 2. The number of amides is 1. The van der Waals surface area contributed by atoms with Gasteiger partial charge in [0.25, 0.3) is 5.91 Å². The molecule has 3 nitrogen and oxygen atoms in total. The van der Waals surface area contributed by atoms with E-state index in [1.54, 1.807) is 0 Å². The van der Waals surface area contributed by atoms with E-state index in [4.69, 9.17) is 0 Å². The highest BCUT2D eigenvalue weighted by Gasteiger charge is 2.24. The first-order chi connectivity index (χ1) is 9.22. The van der Waals surface area contributed by atoms with Crippen molar-refractivity contribution in [2.24, 2.45) is 5.92 Å². The Morgan fingerprint density at radius 2 is 2.32 bits per heavy atom. The molecule has 0 spiro atoms. The molecule has 1 aliphatic heterocycles. The van der Waals surface area contributed by atoms with Gasteiger partial charge in [0.15, 0.2) is 0 Å². The van der Waals surface area contributed by atoms with E-state index >= 15 is 0 Å². The molecule has 0 bridgehead atoms. The second kappa shape index (κ2) is 5.24. The van der Waals surface area contributed by atoms with Crippen LogP contribution in [0.1, 0.15) is 48.5 Å². The summed E-state index contributed by atoms with van der Waals surface area (Å²) in [5.74, 6) is 0.921. The lowest BCUT2D eigenvalue weighted by Gasteiger charge is -2.19. The summed E-state index contributed by atoms with van der Waals surface area (Å²) < 4.78 is 0. The Labute approximate surface area is 114 Å². The SMILES string of the molecule is CC(CC1CC1)NC(=O)c1ccc2c(c1)CCCN2. The summed E-state index contributed by atoms with van der Waals surface area (Å²) in [5, 5.41) is 6.49. The summed E-state index contributed by atoms with van der Waals surface area (Å²) in [7, 11) is 0. The van der Waals surface area contributed by atoms with Crippen LogP contribution >= 0.6 is 0 Å². The molecule has 1 atom stereocenters. The summed E-state index contributed by atoms with van der Waals surface area (Å²) in [6, 6.07) is 6.29. The molecule has 0 saturated heterocycles. The standard InChI is InChI=1S/C16H22N2O/c1-11(9-12-4-5-12)18-16(19)14-6-7-15-13(10-14)3-2-8-17-15/h6-7,10-12,17H,2-5,8-9H2,1H3,(H,18,19). The summed E-state index contributed by atoms with van der Waals surface area (Å²) in [6.45, 7) is 3.15. The molecule has 1 unspecified atom stereocenters. The molecular formula is C16H22N2O. The van der Waals surface area contributed by atoms with Gasteiger partial charge in [0.05, 0.1) is 0 Å². The maximum atomic E-state index is 12.2. The van der Waals surface area contributed by atoms with Gasteiger partial charge in [0.2, 0.25) is 0 Å². The second-order valence-corrected chi connectivity index (χ2v) is 5.96. The third-order valence-corrected chi connectivity index (χ3v) is 4.07. The van der Waals surface area contributed by atoms with Gasteiger partial charge in [-0.15, -0.1) is 0 Å². The number of nitrogens with one attached hydrogen (secondary N) is 2. The molecule has 102 valence electrons. The maximum absolute atomic E-state index is 12.2. The Kier molecular flexibility index (Phi) is 3.45. The van der Waals surface area contributed by atoms with Crippen molar-refractivity contribution in [2.75, 3.05) is 11.9 Å². The van der Waals surface area contributed by atoms with Crippen molar-refractivity contribution in [3.05, 3.63) is 29.3 Å². The number of aryl methyl sites for hydroxylation is 1. The Hall–Kier alpha value is -1.51. The van der Waals surface area contributed by atoms with Crippen LogP contribution in [0.2, 0.25) is 0 Å². The van der Waals surface area contributed by atoms with Crippen molar-refractivity contribution in [1.29, 1.82) is 0 Å². The van der Waals surface area contributed by atoms with E-state index in [1.165, 1.54) is 24.1 Å². The minimum atomic E-state index is 0.0709. The minimum absolute atomic E-state index is 0.0709. The quantitative estimate of drug-likeness (QED) is 0.871. The Bertz CT molecular complexity index is 480. The van der Waals surface area contributed by atoms with E-state index in [9.17, 15) is 4.79 Å². The van der Waals surface area contributed by atoms with Gasteiger partial charge >= 0.3 is 0 Å². The van der Waals surface area contributed by atoms with Crippen LogP contribution in [0.5, 0.6) is 0 Å². The highest BCUT2D eigenvalue weighted by atomic mass is 16.1. The van der Waals surface area contributed by atoms with Crippen LogP contribution in [-0.2, 0) is 6.42 Å². The number of carbonyl (C=O) groups excluding carboxylic acids is 1. The number of carbonyl (C=O) groups is 1. The first-order valence-corrected chi connectivity index (χ1v) is 7.40. The highest BCUT2D eigenvalue weighted by molar-refractivity contribution is 5.95. The molecule has 19 heavy (non-hydrogen) atoms. The highest BCUT2D eigenvalue weighted by Crippen LogP contribution is 2.33. The first kappa shape index (κ1) is 12.5. The summed E-state index contributed by atoms with van der Waals surface area (Å²) in [4.78, 5) is 12.2. The van der Waals surface area contributed by atoms with Crippen molar-refractivity contribution in [2.45, 2.75) is 45.1 Å². The van der Waals surface area contributed by atoms with Gasteiger partial charge in [-0.3, -0.25) is 4.79 Å². The van der Waals surface area contributed by atoms with Crippen molar-refractivity contribution < 1.29 is 4.79 Å². The van der Waals surface area contributed by atoms with Gasteiger partial charge in [-0.2, -0.15) is 0 Å². The molecule has 2 aliphatic rings. The summed E-state index contributed by atoms with van der Waals surface area (Å²) in [5.41, 5.74) is 3.26. The van der Waals surface area contributed by atoms with Gasteiger partial charge in [0, 0.05) is 23.8 Å². The van der Waals surface area contributed by atoms with Crippen LogP contribution in [-0.4, -0.2) is 18.5 Å². The molecule has 3 heteroatoms. The van der Waals surface area contributed by atoms with Crippen molar-refractivity contribution >= 4 is 11.6 Å². The van der Waals surface area contributed by atoms with Crippen LogP contribution in [0.3, 0.4) is 0 Å². The van der Waals surface area contributed by atoms with Crippen molar-refractivity contribution in [3.8, 4) is 0 Å². The normalized spacial score (nSPS) is 19.2. The van der Waals surface area contributed by atoms with Gasteiger partial charge in [-0.25, -0.2) is 0 Å². The van der Waals surface area contributed by atoms with E-state index < -0.39 is 0 Å². The zero-order valence-electron chi connectivity index (χ0n) is 11.5. The van der Waals surface area contributed by atoms with Crippen LogP contribution < -0.4 is 10.6 Å². The lowest BCUT2D eigenvalue weighted by Crippen LogP contribution is -2.33. The molecule has 1 aromatic rings. The van der Waals surface area contributed by atoms with E-state index in [0.29, 0.717) is 0 Å². The first-order valence-electron chi connectivity index (χ1n) is 7.40. The summed E-state index contributed by atoms with van der Waals surface area (Å²) in [6.07, 6.45) is 6.02. The fourth-order valence-corrected chi connectivity index (χ4v) is 2.84. The Morgan fingerprint density at radius 1 is 1.47 bits per heavy atom. The molecule has 0 aromatic heterocycles. The average molecular weight is 258 g/mol. The zero-order chi connectivity index (χ0) is 13.2. The van der Waals surface area contributed by atoms with E-state index in [-0.39, 0.29) is 11.9 Å². The zero-order valence-corrected chi connectivity index (χ0v) is 11.5. The van der Waals surface area contributed by atoms with Crippen LogP contribution in [0.25, 0.3) is 0 Å². The van der Waals surface area contributed by atoms with E-state index in [1.807, 2.05) is 18.2 Å². The van der Waals surface area contributed by atoms with Gasteiger partial charge < -0.3 is 10.6 Å². The van der Waals surface area contributed by atoms with Crippen LogP contribution in [0.15, 0.2) is 18.2 Å². The van der Waals surface area contributed by atoms with Gasteiger partial charge in [0.1, 0.15) is 0 Å². The molecule has 0 radical (unpaired) electrons. The molecule has 1 saturated carbocycles.